The van der Waals surface area contributed by atoms with Crippen LogP contribution in [0.5, 0.6) is 0 Å². The lowest BCUT2D eigenvalue weighted by atomic mass is 10.1. The fourth-order valence-corrected chi connectivity index (χ4v) is 4.90. The van der Waals surface area contributed by atoms with E-state index in [1.807, 2.05) is 54.6 Å². The van der Waals surface area contributed by atoms with E-state index in [0.717, 1.165) is 32.3 Å². The standard InChI is InChI=1S/C23H19NO2S2/c1-16-8-6-7-11-20(16)23-24-21(17-9-4-3-5-10-17)22(27-23)18-12-14-19(15-13-18)28(2,25)26/h3-15H,1-2H3. The normalized spacial score (nSPS) is 11.5. The van der Waals surface area contributed by atoms with E-state index in [1.165, 1.54) is 11.8 Å². The summed E-state index contributed by atoms with van der Waals surface area (Å²) in [5.41, 5.74) is 5.21. The molecule has 1 aromatic heterocycles. The van der Waals surface area contributed by atoms with Gasteiger partial charge in [-0.15, -0.1) is 11.3 Å². The first-order chi connectivity index (χ1) is 13.4. The topological polar surface area (TPSA) is 47.0 Å². The highest BCUT2D eigenvalue weighted by Crippen LogP contribution is 2.41. The fraction of sp³-hybridized carbons (Fsp3) is 0.0870. The molecule has 0 amide bonds. The van der Waals surface area contributed by atoms with Crippen LogP contribution in [0, 0.1) is 6.92 Å². The van der Waals surface area contributed by atoms with Crippen molar-refractivity contribution in [2.24, 2.45) is 0 Å². The van der Waals surface area contributed by atoms with Crippen LogP contribution in [0.4, 0.5) is 0 Å². The van der Waals surface area contributed by atoms with E-state index in [-0.39, 0.29) is 0 Å². The Morgan fingerprint density at radius 3 is 2.07 bits per heavy atom. The van der Waals surface area contributed by atoms with Crippen molar-refractivity contribution in [1.82, 2.24) is 4.98 Å². The van der Waals surface area contributed by atoms with Crippen LogP contribution in [0.15, 0.2) is 83.8 Å². The van der Waals surface area contributed by atoms with E-state index in [2.05, 4.69) is 19.1 Å². The molecule has 0 aliphatic rings. The first-order valence-electron chi connectivity index (χ1n) is 8.86. The lowest BCUT2D eigenvalue weighted by Crippen LogP contribution is -1.96. The van der Waals surface area contributed by atoms with Crippen molar-refractivity contribution in [3.63, 3.8) is 0 Å². The molecule has 5 heteroatoms. The molecule has 140 valence electrons. The van der Waals surface area contributed by atoms with Crippen molar-refractivity contribution >= 4 is 21.2 Å². The van der Waals surface area contributed by atoms with Gasteiger partial charge in [-0.2, -0.15) is 0 Å². The van der Waals surface area contributed by atoms with Gasteiger partial charge in [0, 0.05) is 17.4 Å². The van der Waals surface area contributed by atoms with Gasteiger partial charge in [-0.05, 0) is 30.2 Å². The molecule has 4 aromatic rings. The highest BCUT2D eigenvalue weighted by molar-refractivity contribution is 7.90. The van der Waals surface area contributed by atoms with E-state index >= 15 is 0 Å². The molecule has 4 rings (SSSR count). The SMILES string of the molecule is Cc1ccccc1-c1nc(-c2ccccc2)c(-c2ccc(S(C)(=O)=O)cc2)s1. The van der Waals surface area contributed by atoms with E-state index in [0.29, 0.717) is 4.90 Å². The maximum atomic E-state index is 11.8. The van der Waals surface area contributed by atoms with Crippen LogP contribution in [0.2, 0.25) is 0 Å². The molecule has 0 N–H and O–H groups in total. The predicted molar refractivity (Wildman–Crippen MR) is 116 cm³/mol. The highest BCUT2D eigenvalue weighted by atomic mass is 32.2. The minimum Gasteiger partial charge on any atom is -0.235 e. The largest absolute Gasteiger partial charge is 0.235 e. The molecule has 0 atom stereocenters. The second-order valence-electron chi connectivity index (χ2n) is 6.67. The summed E-state index contributed by atoms with van der Waals surface area (Å²) in [6, 6.07) is 25.3. The molecule has 0 spiro atoms. The Morgan fingerprint density at radius 2 is 1.43 bits per heavy atom. The number of sulfone groups is 1. The monoisotopic (exact) mass is 405 g/mol. The van der Waals surface area contributed by atoms with Crippen molar-refractivity contribution in [1.29, 1.82) is 0 Å². The second-order valence-corrected chi connectivity index (χ2v) is 9.69. The first-order valence-corrected chi connectivity index (χ1v) is 11.6. The lowest BCUT2D eigenvalue weighted by molar-refractivity contribution is 0.602. The summed E-state index contributed by atoms with van der Waals surface area (Å²) >= 11 is 1.63. The molecule has 1 heterocycles. The first kappa shape index (κ1) is 18.6. The van der Waals surface area contributed by atoms with Crippen molar-refractivity contribution in [3.05, 3.63) is 84.4 Å². The third-order valence-electron chi connectivity index (χ3n) is 4.59. The highest BCUT2D eigenvalue weighted by Gasteiger charge is 2.17. The summed E-state index contributed by atoms with van der Waals surface area (Å²) in [5, 5.41) is 0.958. The molecule has 0 unspecified atom stereocenters. The Morgan fingerprint density at radius 1 is 0.786 bits per heavy atom. The third kappa shape index (κ3) is 3.63. The second kappa shape index (κ2) is 7.34. The summed E-state index contributed by atoms with van der Waals surface area (Å²) in [6.45, 7) is 2.08. The van der Waals surface area contributed by atoms with Gasteiger partial charge in [-0.25, -0.2) is 13.4 Å². The summed E-state index contributed by atoms with van der Waals surface area (Å²) in [4.78, 5) is 6.31. The molecular weight excluding hydrogens is 386 g/mol. The molecular formula is C23H19NO2S2. The summed E-state index contributed by atoms with van der Waals surface area (Å²) in [7, 11) is -3.22. The van der Waals surface area contributed by atoms with E-state index in [9.17, 15) is 8.42 Å². The summed E-state index contributed by atoms with van der Waals surface area (Å²) < 4.78 is 23.6. The quantitative estimate of drug-likeness (QED) is 0.427. The molecule has 3 nitrogen and oxygen atoms in total. The van der Waals surface area contributed by atoms with Crippen LogP contribution >= 0.6 is 11.3 Å². The Bertz CT molecular complexity index is 1230. The third-order valence-corrected chi connectivity index (χ3v) is 6.86. The Balaban J connectivity index is 1.89. The van der Waals surface area contributed by atoms with Crippen molar-refractivity contribution in [3.8, 4) is 32.3 Å². The Kier molecular flexibility index (Phi) is 4.87. The van der Waals surface area contributed by atoms with Gasteiger partial charge >= 0.3 is 0 Å². The smallest absolute Gasteiger partial charge is 0.175 e. The van der Waals surface area contributed by atoms with Gasteiger partial charge < -0.3 is 0 Å². The van der Waals surface area contributed by atoms with Crippen molar-refractivity contribution < 1.29 is 8.42 Å². The number of thiazole rings is 1. The average Bonchev–Trinajstić information content (AvgIpc) is 3.14. The van der Waals surface area contributed by atoms with E-state index < -0.39 is 9.84 Å². The summed E-state index contributed by atoms with van der Waals surface area (Å²) in [5.74, 6) is 0. The van der Waals surface area contributed by atoms with Crippen LogP contribution in [0.1, 0.15) is 5.56 Å². The lowest BCUT2D eigenvalue weighted by Gasteiger charge is -2.04. The predicted octanol–water partition coefficient (Wildman–Crippen LogP) is 5.86. The van der Waals surface area contributed by atoms with Crippen LogP contribution in [-0.4, -0.2) is 19.7 Å². The number of hydrogen-bond acceptors (Lipinski definition) is 4. The van der Waals surface area contributed by atoms with Crippen LogP contribution < -0.4 is 0 Å². The van der Waals surface area contributed by atoms with Gasteiger partial charge in [-0.1, -0.05) is 66.7 Å². The van der Waals surface area contributed by atoms with Crippen molar-refractivity contribution in [2.75, 3.05) is 6.26 Å². The van der Waals surface area contributed by atoms with Gasteiger partial charge in [0.15, 0.2) is 9.84 Å². The summed E-state index contributed by atoms with van der Waals surface area (Å²) in [6.07, 6.45) is 1.22. The Hall–Kier alpha value is -2.76. The molecule has 0 aliphatic heterocycles. The zero-order valence-corrected chi connectivity index (χ0v) is 17.2. The maximum Gasteiger partial charge on any atom is 0.175 e. The molecule has 0 radical (unpaired) electrons. The number of rotatable bonds is 4. The minimum atomic E-state index is -3.22. The molecule has 0 bridgehead atoms. The number of hydrogen-bond donors (Lipinski definition) is 0. The number of aryl methyl sites for hydroxylation is 1. The number of nitrogens with zero attached hydrogens (tertiary/aromatic N) is 1. The molecule has 0 fully saturated rings. The zero-order chi connectivity index (χ0) is 19.7. The molecule has 0 aliphatic carbocycles. The van der Waals surface area contributed by atoms with E-state index in [4.69, 9.17) is 4.98 Å². The zero-order valence-electron chi connectivity index (χ0n) is 15.6. The molecule has 0 saturated heterocycles. The van der Waals surface area contributed by atoms with Gasteiger partial charge in [0.2, 0.25) is 0 Å². The van der Waals surface area contributed by atoms with Gasteiger partial charge in [0.1, 0.15) is 5.01 Å². The molecule has 0 saturated carbocycles. The molecule has 3 aromatic carbocycles. The van der Waals surface area contributed by atoms with Gasteiger partial charge in [0.05, 0.1) is 15.5 Å². The number of benzene rings is 3. The van der Waals surface area contributed by atoms with Gasteiger partial charge in [0.25, 0.3) is 0 Å². The van der Waals surface area contributed by atoms with Crippen LogP contribution in [0.3, 0.4) is 0 Å². The fourth-order valence-electron chi connectivity index (χ4n) is 3.09. The Labute approximate surface area is 169 Å². The van der Waals surface area contributed by atoms with Crippen LogP contribution in [-0.2, 0) is 9.84 Å². The number of aromatic nitrogens is 1. The van der Waals surface area contributed by atoms with Crippen molar-refractivity contribution in [2.45, 2.75) is 11.8 Å². The minimum absolute atomic E-state index is 0.321. The molecule has 28 heavy (non-hydrogen) atoms. The van der Waals surface area contributed by atoms with Gasteiger partial charge in [-0.3, -0.25) is 0 Å². The van der Waals surface area contributed by atoms with Crippen LogP contribution in [0.25, 0.3) is 32.3 Å². The average molecular weight is 406 g/mol. The maximum absolute atomic E-state index is 11.8. The van der Waals surface area contributed by atoms with E-state index in [1.54, 1.807) is 23.5 Å².